The van der Waals surface area contributed by atoms with Crippen LogP contribution in [-0.2, 0) is 0 Å². The zero-order chi connectivity index (χ0) is 9.26. The van der Waals surface area contributed by atoms with Gasteiger partial charge in [-0.25, -0.2) is 0 Å². The van der Waals surface area contributed by atoms with Crippen molar-refractivity contribution in [3.8, 4) is 11.3 Å². The van der Waals surface area contributed by atoms with E-state index in [1.807, 2.05) is 32.0 Å². The zero-order valence-corrected chi connectivity index (χ0v) is 7.70. The molecule has 0 saturated heterocycles. The van der Waals surface area contributed by atoms with Crippen molar-refractivity contribution in [2.45, 2.75) is 13.8 Å². The molecule has 0 bridgehead atoms. The molecule has 0 spiro atoms. The molecule has 0 aliphatic heterocycles. The third-order valence-corrected chi connectivity index (χ3v) is 1.90. The summed E-state index contributed by atoms with van der Waals surface area (Å²) in [5.41, 5.74) is 4.17. The Balaban J connectivity index is 2.46. The Morgan fingerprint density at radius 2 is 2.08 bits per heavy atom. The molecule has 2 heterocycles. The number of nitrogens with one attached hydrogen (secondary N) is 1. The number of pyridine rings is 1. The lowest BCUT2D eigenvalue weighted by atomic mass is 10.2. The summed E-state index contributed by atoms with van der Waals surface area (Å²) in [6.45, 7) is 3.97. The maximum Gasteiger partial charge on any atom is 0.0924 e. The van der Waals surface area contributed by atoms with Crippen LogP contribution in [0.4, 0.5) is 0 Å². The van der Waals surface area contributed by atoms with Crippen LogP contribution in [0.25, 0.3) is 11.3 Å². The van der Waals surface area contributed by atoms with Gasteiger partial charge in [-0.3, -0.25) is 10.1 Å². The lowest BCUT2D eigenvalue weighted by Gasteiger charge is -1.95. The highest BCUT2D eigenvalue weighted by molar-refractivity contribution is 5.58. The first-order valence-corrected chi connectivity index (χ1v) is 4.21. The van der Waals surface area contributed by atoms with Crippen molar-refractivity contribution in [1.82, 2.24) is 15.2 Å². The van der Waals surface area contributed by atoms with Gasteiger partial charge in [0.15, 0.2) is 0 Å². The van der Waals surface area contributed by atoms with Crippen molar-refractivity contribution >= 4 is 0 Å². The van der Waals surface area contributed by atoms with Gasteiger partial charge in [-0.2, -0.15) is 5.10 Å². The predicted molar refractivity (Wildman–Crippen MR) is 51.3 cm³/mol. The average molecular weight is 173 g/mol. The highest BCUT2D eigenvalue weighted by Gasteiger charge is 2.00. The summed E-state index contributed by atoms with van der Waals surface area (Å²) >= 11 is 0. The van der Waals surface area contributed by atoms with E-state index in [1.54, 1.807) is 6.20 Å². The number of H-pyrrole nitrogens is 1. The SMILES string of the molecule is Cc1cc(-c2cc(C)[nH]n2)ccn1. The number of aryl methyl sites for hydroxylation is 2. The first-order valence-electron chi connectivity index (χ1n) is 4.21. The molecule has 2 aromatic rings. The number of hydrogen-bond donors (Lipinski definition) is 1. The molecule has 0 saturated carbocycles. The maximum absolute atomic E-state index is 4.17. The van der Waals surface area contributed by atoms with Crippen LogP contribution in [0.15, 0.2) is 24.4 Å². The lowest BCUT2D eigenvalue weighted by Crippen LogP contribution is -1.82. The van der Waals surface area contributed by atoms with Gasteiger partial charge in [0.2, 0.25) is 0 Å². The maximum atomic E-state index is 4.17. The van der Waals surface area contributed by atoms with Gasteiger partial charge in [0.05, 0.1) is 5.69 Å². The Hall–Kier alpha value is -1.64. The quantitative estimate of drug-likeness (QED) is 0.717. The van der Waals surface area contributed by atoms with E-state index in [4.69, 9.17) is 0 Å². The first-order chi connectivity index (χ1) is 6.25. The van der Waals surface area contributed by atoms with Gasteiger partial charge in [0.1, 0.15) is 0 Å². The van der Waals surface area contributed by atoms with E-state index < -0.39 is 0 Å². The number of nitrogens with zero attached hydrogens (tertiary/aromatic N) is 2. The zero-order valence-electron chi connectivity index (χ0n) is 7.70. The van der Waals surface area contributed by atoms with Crippen LogP contribution in [0.5, 0.6) is 0 Å². The Bertz CT molecular complexity index is 418. The van der Waals surface area contributed by atoms with Crippen LogP contribution in [0.2, 0.25) is 0 Å². The summed E-state index contributed by atoms with van der Waals surface area (Å²) in [5.74, 6) is 0. The fraction of sp³-hybridized carbons (Fsp3) is 0.200. The highest BCUT2D eigenvalue weighted by Crippen LogP contribution is 2.16. The molecule has 0 aliphatic rings. The normalized spacial score (nSPS) is 10.3. The standard InChI is InChI=1S/C10H11N3/c1-7-5-9(3-4-11-7)10-6-8(2)12-13-10/h3-6H,1-2H3,(H,12,13). The second-order valence-electron chi connectivity index (χ2n) is 3.12. The summed E-state index contributed by atoms with van der Waals surface area (Å²) in [7, 11) is 0. The van der Waals surface area contributed by atoms with Gasteiger partial charge in [-0.05, 0) is 32.0 Å². The van der Waals surface area contributed by atoms with E-state index in [1.165, 1.54) is 0 Å². The number of hydrogen-bond acceptors (Lipinski definition) is 2. The molecule has 0 atom stereocenters. The summed E-state index contributed by atoms with van der Waals surface area (Å²) in [5, 5.41) is 7.09. The molecule has 66 valence electrons. The van der Waals surface area contributed by atoms with E-state index in [9.17, 15) is 0 Å². The molecular weight excluding hydrogens is 162 g/mol. The van der Waals surface area contributed by atoms with Gasteiger partial charge in [0, 0.05) is 23.1 Å². The van der Waals surface area contributed by atoms with Crippen LogP contribution < -0.4 is 0 Å². The Labute approximate surface area is 76.8 Å². The summed E-state index contributed by atoms with van der Waals surface area (Å²) in [6.07, 6.45) is 1.80. The van der Waals surface area contributed by atoms with E-state index in [2.05, 4.69) is 15.2 Å². The van der Waals surface area contributed by atoms with Gasteiger partial charge < -0.3 is 0 Å². The number of aromatic nitrogens is 3. The van der Waals surface area contributed by atoms with Gasteiger partial charge >= 0.3 is 0 Å². The van der Waals surface area contributed by atoms with E-state index in [0.717, 1.165) is 22.6 Å². The molecule has 3 nitrogen and oxygen atoms in total. The van der Waals surface area contributed by atoms with Crippen LogP contribution >= 0.6 is 0 Å². The molecule has 0 amide bonds. The second kappa shape index (κ2) is 3.01. The topological polar surface area (TPSA) is 41.6 Å². The van der Waals surface area contributed by atoms with E-state index in [0.29, 0.717) is 0 Å². The summed E-state index contributed by atoms with van der Waals surface area (Å²) in [4.78, 5) is 4.13. The summed E-state index contributed by atoms with van der Waals surface area (Å²) < 4.78 is 0. The Morgan fingerprint density at radius 1 is 1.23 bits per heavy atom. The van der Waals surface area contributed by atoms with E-state index in [-0.39, 0.29) is 0 Å². The smallest absolute Gasteiger partial charge is 0.0924 e. The fourth-order valence-electron chi connectivity index (χ4n) is 1.27. The minimum Gasteiger partial charge on any atom is -0.282 e. The van der Waals surface area contributed by atoms with Gasteiger partial charge in [-0.15, -0.1) is 0 Å². The van der Waals surface area contributed by atoms with Gasteiger partial charge in [-0.1, -0.05) is 0 Å². The van der Waals surface area contributed by atoms with Crippen LogP contribution in [0.1, 0.15) is 11.4 Å². The van der Waals surface area contributed by atoms with Crippen molar-refractivity contribution in [2.24, 2.45) is 0 Å². The predicted octanol–water partition coefficient (Wildman–Crippen LogP) is 2.09. The second-order valence-corrected chi connectivity index (χ2v) is 3.12. The summed E-state index contributed by atoms with van der Waals surface area (Å²) in [6, 6.07) is 6.01. The molecule has 0 aromatic carbocycles. The highest BCUT2D eigenvalue weighted by atomic mass is 15.1. The molecule has 0 aliphatic carbocycles. The third kappa shape index (κ3) is 1.59. The van der Waals surface area contributed by atoms with Crippen molar-refractivity contribution in [3.05, 3.63) is 35.8 Å². The molecule has 2 rings (SSSR count). The van der Waals surface area contributed by atoms with Crippen molar-refractivity contribution < 1.29 is 0 Å². The monoisotopic (exact) mass is 173 g/mol. The Kier molecular flexibility index (Phi) is 1.85. The molecule has 0 radical (unpaired) electrons. The van der Waals surface area contributed by atoms with Crippen molar-refractivity contribution in [1.29, 1.82) is 0 Å². The molecule has 2 aromatic heterocycles. The van der Waals surface area contributed by atoms with E-state index >= 15 is 0 Å². The molecule has 1 N–H and O–H groups in total. The van der Waals surface area contributed by atoms with Crippen molar-refractivity contribution in [2.75, 3.05) is 0 Å². The molecule has 3 heteroatoms. The molecule has 13 heavy (non-hydrogen) atoms. The number of aromatic amines is 1. The Morgan fingerprint density at radius 3 is 2.69 bits per heavy atom. The minimum absolute atomic E-state index is 0.975. The molecule has 0 unspecified atom stereocenters. The fourth-order valence-corrected chi connectivity index (χ4v) is 1.27. The third-order valence-electron chi connectivity index (χ3n) is 1.90. The lowest BCUT2D eigenvalue weighted by molar-refractivity contribution is 1.05. The van der Waals surface area contributed by atoms with Crippen molar-refractivity contribution in [3.63, 3.8) is 0 Å². The van der Waals surface area contributed by atoms with Crippen LogP contribution in [0, 0.1) is 13.8 Å². The number of rotatable bonds is 1. The van der Waals surface area contributed by atoms with Gasteiger partial charge in [0.25, 0.3) is 0 Å². The van der Waals surface area contributed by atoms with Crippen LogP contribution in [0.3, 0.4) is 0 Å². The van der Waals surface area contributed by atoms with Crippen LogP contribution in [-0.4, -0.2) is 15.2 Å². The average Bonchev–Trinajstić information content (AvgIpc) is 2.52. The largest absolute Gasteiger partial charge is 0.282 e. The molecular formula is C10H11N3. The first kappa shape index (κ1) is 7.98. The minimum atomic E-state index is 0.975. The molecule has 0 fully saturated rings.